The first-order valence-electron chi connectivity index (χ1n) is 7.99. The van der Waals surface area contributed by atoms with Crippen LogP contribution in [-0.2, 0) is 4.79 Å². The van der Waals surface area contributed by atoms with Crippen molar-refractivity contribution < 1.29 is 4.79 Å². The number of carbonyl (C=O) groups excluding carboxylic acids is 1. The van der Waals surface area contributed by atoms with E-state index < -0.39 is 0 Å². The predicted octanol–water partition coefficient (Wildman–Crippen LogP) is 2.53. The van der Waals surface area contributed by atoms with Crippen LogP contribution in [0.5, 0.6) is 0 Å². The molecular formula is C17H25N3O. The van der Waals surface area contributed by atoms with Gasteiger partial charge in [0.1, 0.15) is 0 Å². The first kappa shape index (κ1) is 14.5. The molecule has 1 aromatic rings. The first-order valence-corrected chi connectivity index (χ1v) is 7.99. The fourth-order valence-corrected chi connectivity index (χ4v) is 3.23. The normalized spacial score (nSPS) is 24.0. The smallest absolute Gasteiger partial charge is 0.221 e. The highest BCUT2D eigenvalue weighted by molar-refractivity contribution is 5.88. The zero-order valence-electron chi connectivity index (χ0n) is 12.9. The summed E-state index contributed by atoms with van der Waals surface area (Å²) in [6.45, 7) is 6.16. The summed E-state index contributed by atoms with van der Waals surface area (Å²) in [5.41, 5.74) is 2.10. The summed E-state index contributed by atoms with van der Waals surface area (Å²) in [6.07, 6.45) is 4.02. The second-order valence-corrected chi connectivity index (χ2v) is 6.41. The van der Waals surface area contributed by atoms with E-state index in [0.29, 0.717) is 12.1 Å². The summed E-state index contributed by atoms with van der Waals surface area (Å²) >= 11 is 0. The highest BCUT2D eigenvalue weighted by atomic mass is 16.1. The SMILES string of the molecule is CC(=O)Nc1cccc(C(C)NC2CCN(C3CC3)C2)c1. The third-order valence-corrected chi connectivity index (χ3v) is 4.48. The Morgan fingerprint density at radius 2 is 2.14 bits per heavy atom. The van der Waals surface area contributed by atoms with Crippen molar-refractivity contribution in [1.29, 1.82) is 0 Å². The van der Waals surface area contributed by atoms with Gasteiger partial charge in [0.2, 0.25) is 5.91 Å². The maximum absolute atomic E-state index is 11.1. The van der Waals surface area contributed by atoms with Crippen LogP contribution < -0.4 is 10.6 Å². The molecule has 4 heteroatoms. The van der Waals surface area contributed by atoms with Crippen molar-refractivity contribution >= 4 is 11.6 Å². The minimum atomic E-state index is -0.0244. The molecule has 2 aliphatic rings. The zero-order valence-corrected chi connectivity index (χ0v) is 12.9. The summed E-state index contributed by atoms with van der Waals surface area (Å²) < 4.78 is 0. The number of likely N-dealkylation sites (tertiary alicyclic amines) is 1. The predicted molar refractivity (Wildman–Crippen MR) is 85.3 cm³/mol. The number of nitrogens with zero attached hydrogens (tertiary/aromatic N) is 1. The van der Waals surface area contributed by atoms with Crippen molar-refractivity contribution in [2.45, 2.75) is 51.2 Å². The van der Waals surface area contributed by atoms with Gasteiger partial charge in [-0.2, -0.15) is 0 Å². The Morgan fingerprint density at radius 1 is 1.33 bits per heavy atom. The van der Waals surface area contributed by atoms with E-state index >= 15 is 0 Å². The standard InChI is InChI=1S/C17H25N3O/c1-12(14-4-3-5-15(10-14)19-13(2)21)18-16-8-9-20(11-16)17-6-7-17/h3-5,10,12,16-18H,6-9,11H2,1-2H3,(H,19,21). The summed E-state index contributed by atoms with van der Waals surface area (Å²) in [6, 6.07) is 9.89. The number of hydrogen-bond acceptors (Lipinski definition) is 3. The number of hydrogen-bond donors (Lipinski definition) is 2. The second kappa shape index (κ2) is 6.16. The molecule has 0 spiro atoms. The molecule has 21 heavy (non-hydrogen) atoms. The largest absolute Gasteiger partial charge is 0.326 e. The fraction of sp³-hybridized carbons (Fsp3) is 0.588. The maximum atomic E-state index is 11.1. The molecule has 2 fully saturated rings. The van der Waals surface area contributed by atoms with Crippen LogP contribution in [-0.4, -0.2) is 36.0 Å². The van der Waals surface area contributed by atoms with Crippen LogP contribution >= 0.6 is 0 Å². The van der Waals surface area contributed by atoms with E-state index in [1.165, 1.54) is 37.9 Å². The second-order valence-electron chi connectivity index (χ2n) is 6.41. The van der Waals surface area contributed by atoms with Gasteiger partial charge in [-0.3, -0.25) is 9.69 Å². The van der Waals surface area contributed by atoms with Crippen LogP contribution in [0.1, 0.15) is 44.7 Å². The summed E-state index contributed by atoms with van der Waals surface area (Å²) in [5.74, 6) is -0.0244. The summed E-state index contributed by atoms with van der Waals surface area (Å²) in [5, 5.41) is 6.58. The van der Waals surface area contributed by atoms with Gasteiger partial charge in [0.05, 0.1) is 0 Å². The number of anilines is 1. The van der Waals surface area contributed by atoms with Gasteiger partial charge in [0.15, 0.2) is 0 Å². The van der Waals surface area contributed by atoms with Gasteiger partial charge >= 0.3 is 0 Å². The third kappa shape index (κ3) is 3.83. The molecule has 4 nitrogen and oxygen atoms in total. The van der Waals surface area contributed by atoms with Crippen LogP contribution in [0, 0.1) is 0 Å². The molecule has 1 saturated heterocycles. The molecule has 0 aromatic heterocycles. The maximum Gasteiger partial charge on any atom is 0.221 e. The molecule has 0 radical (unpaired) electrons. The summed E-state index contributed by atoms with van der Waals surface area (Å²) in [4.78, 5) is 13.8. The molecule has 1 aliphatic heterocycles. The molecule has 2 atom stereocenters. The van der Waals surface area contributed by atoms with Crippen molar-refractivity contribution in [2.75, 3.05) is 18.4 Å². The highest BCUT2D eigenvalue weighted by Gasteiger charge is 2.34. The van der Waals surface area contributed by atoms with Crippen LogP contribution in [0.25, 0.3) is 0 Å². The van der Waals surface area contributed by atoms with E-state index in [2.05, 4.69) is 34.6 Å². The number of carbonyl (C=O) groups is 1. The van der Waals surface area contributed by atoms with Gasteiger partial charge in [0, 0.05) is 43.8 Å². The van der Waals surface area contributed by atoms with Crippen molar-refractivity contribution in [3.8, 4) is 0 Å². The number of rotatable bonds is 5. The first-order chi connectivity index (χ1) is 10.1. The van der Waals surface area contributed by atoms with Crippen molar-refractivity contribution in [1.82, 2.24) is 10.2 Å². The third-order valence-electron chi connectivity index (χ3n) is 4.48. The molecule has 2 unspecified atom stereocenters. The lowest BCUT2D eigenvalue weighted by Crippen LogP contribution is -2.35. The molecule has 114 valence electrons. The van der Waals surface area contributed by atoms with E-state index in [0.717, 1.165) is 11.7 Å². The molecule has 1 heterocycles. The van der Waals surface area contributed by atoms with Crippen LogP contribution in [0.15, 0.2) is 24.3 Å². The number of nitrogens with one attached hydrogen (secondary N) is 2. The van der Waals surface area contributed by atoms with Gasteiger partial charge in [-0.1, -0.05) is 12.1 Å². The Kier molecular flexibility index (Phi) is 4.27. The Bertz CT molecular complexity index is 513. The topological polar surface area (TPSA) is 44.4 Å². The van der Waals surface area contributed by atoms with E-state index in [1.807, 2.05) is 12.1 Å². The van der Waals surface area contributed by atoms with Crippen molar-refractivity contribution in [2.24, 2.45) is 0 Å². The van der Waals surface area contributed by atoms with Crippen LogP contribution in [0.4, 0.5) is 5.69 Å². The number of benzene rings is 1. The molecule has 2 N–H and O–H groups in total. The average molecular weight is 287 g/mol. The van der Waals surface area contributed by atoms with Gasteiger partial charge in [0.25, 0.3) is 0 Å². The van der Waals surface area contributed by atoms with Gasteiger partial charge in [-0.05, 0) is 43.9 Å². The lowest BCUT2D eigenvalue weighted by Gasteiger charge is -2.21. The quantitative estimate of drug-likeness (QED) is 0.874. The Hall–Kier alpha value is -1.39. The lowest BCUT2D eigenvalue weighted by atomic mass is 10.1. The Morgan fingerprint density at radius 3 is 2.86 bits per heavy atom. The Balaban J connectivity index is 1.57. The Labute approximate surface area is 126 Å². The minimum Gasteiger partial charge on any atom is -0.326 e. The molecule has 0 bridgehead atoms. The van der Waals surface area contributed by atoms with E-state index in [-0.39, 0.29) is 5.91 Å². The molecule has 1 amide bonds. The fourth-order valence-electron chi connectivity index (χ4n) is 3.23. The number of amides is 1. The molecule has 3 rings (SSSR count). The van der Waals surface area contributed by atoms with Gasteiger partial charge in [-0.15, -0.1) is 0 Å². The monoisotopic (exact) mass is 287 g/mol. The van der Waals surface area contributed by atoms with E-state index in [9.17, 15) is 4.79 Å². The van der Waals surface area contributed by atoms with Crippen molar-refractivity contribution in [3.63, 3.8) is 0 Å². The lowest BCUT2D eigenvalue weighted by molar-refractivity contribution is -0.114. The molecule has 1 saturated carbocycles. The average Bonchev–Trinajstić information content (AvgIpc) is 3.19. The van der Waals surface area contributed by atoms with Crippen LogP contribution in [0.3, 0.4) is 0 Å². The summed E-state index contributed by atoms with van der Waals surface area (Å²) in [7, 11) is 0. The molecule has 1 aliphatic carbocycles. The van der Waals surface area contributed by atoms with E-state index in [4.69, 9.17) is 0 Å². The molecule has 1 aromatic carbocycles. The van der Waals surface area contributed by atoms with Crippen LogP contribution in [0.2, 0.25) is 0 Å². The molecular weight excluding hydrogens is 262 g/mol. The van der Waals surface area contributed by atoms with Gasteiger partial charge < -0.3 is 10.6 Å². The minimum absolute atomic E-state index is 0.0244. The van der Waals surface area contributed by atoms with Gasteiger partial charge in [-0.25, -0.2) is 0 Å². The van der Waals surface area contributed by atoms with E-state index in [1.54, 1.807) is 6.92 Å². The highest BCUT2D eigenvalue weighted by Crippen LogP contribution is 2.30. The zero-order chi connectivity index (χ0) is 14.8. The van der Waals surface area contributed by atoms with Crippen molar-refractivity contribution in [3.05, 3.63) is 29.8 Å².